The zero-order valence-electron chi connectivity index (χ0n) is 10.0. The Bertz CT molecular complexity index is 376. The van der Waals surface area contributed by atoms with Crippen molar-refractivity contribution in [3.63, 3.8) is 0 Å². The van der Waals surface area contributed by atoms with Crippen LogP contribution in [0, 0.1) is 12.8 Å². The van der Waals surface area contributed by atoms with E-state index in [1.807, 2.05) is 32.0 Å². The molecule has 0 saturated heterocycles. The maximum atomic E-state index is 11.8. The van der Waals surface area contributed by atoms with Crippen LogP contribution in [-0.2, 0) is 11.2 Å². The fourth-order valence-electron chi connectivity index (χ4n) is 1.52. The van der Waals surface area contributed by atoms with Crippen molar-refractivity contribution in [3.8, 4) is 0 Å². The Balaban J connectivity index is 2.92. The molecule has 88 valence electrons. The molecule has 1 aromatic rings. The molecule has 0 bridgehead atoms. The summed E-state index contributed by atoms with van der Waals surface area (Å²) in [6.45, 7) is 5.90. The molecule has 0 fully saturated rings. The summed E-state index contributed by atoms with van der Waals surface area (Å²) in [5, 5.41) is 2.96. The van der Waals surface area contributed by atoms with Crippen molar-refractivity contribution in [2.45, 2.75) is 27.2 Å². The van der Waals surface area contributed by atoms with Crippen LogP contribution < -0.4 is 5.32 Å². The number of amides is 1. The van der Waals surface area contributed by atoms with E-state index in [9.17, 15) is 4.79 Å². The van der Waals surface area contributed by atoms with E-state index in [2.05, 4.69) is 12.2 Å². The first-order valence-electron chi connectivity index (χ1n) is 5.55. The summed E-state index contributed by atoms with van der Waals surface area (Å²) >= 11 is 5.67. The second-order valence-electron chi connectivity index (χ2n) is 4.01. The lowest BCUT2D eigenvalue weighted by molar-refractivity contribution is -0.118. The molecule has 1 atom stereocenters. The van der Waals surface area contributed by atoms with Crippen molar-refractivity contribution in [1.29, 1.82) is 0 Å². The molecule has 1 aromatic carbocycles. The van der Waals surface area contributed by atoms with Gasteiger partial charge in [-0.15, -0.1) is 11.6 Å². The van der Waals surface area contributed by atoms with E-state index in [0.29, 0.717) is 5.88 Å². The molecule has 0 aliphatic carbocycles. The summed E-state index contributed by atoms with van der Waals surface area (Å²) < 4.78 is 0. The van der Waals surface area contributed by atoms with Crippen LogP contribution in [0.25, 0.3) is 0 Å². The largest absolute Gasteiger partial charge is 0.325 e. The van der Waals surface area contributed by atoms with Crippen molar-refractivity contribution < 1.29 is 4.79 Å². The molecule has 1 unspecified atom stereocenters. The van der Waals surface area contributed by atoms with Gasteiger partial charge in [-0.25, -0.2) is 0 Å². The number of anilines is 1. The average molecular weight is 240 g/mol. The Labute approximate surface area is 102 Å². The van der Waals surface area contributed by atoms with Crippen LogP contribution in [0.1, 0.15) is 25.0 Å². The molecule has 1 N–H and O–H groups in total. The molecule has 0 radical (unpaired) electrons. The van der Waals surface area contributed by atoms with Gasteiger partial charge in [0.05, 0.1) is 0 Å². The van der Waals surface area contributed by atoms with Crippen molar-refractivity contribution in [2.75, 3.05) is 11.2 Å². The Kier molecular flexibility index (Phi) is 4.81. The average Bonchev–Trinajstić information content (AvgIpc) is 2.30. The van der Waals surface area contributed by atoms with Gasteiger partial charge in [0.1, 0.15) is 0 Å². The number of halogens is 1. The lowest BCUT2D eigenvalue weighted by atomic mass is 10.0. The molecule has 0 heterocycles. The molecule has 0 saturated carbocycles. The number of alkyl halides is 1. The van der Waals surface area contributed by atoms with Crippen LogP contribution >= 0.6 is 11.6 Å². The third-order valence-corrected chi connectivity index (χ3v) is 3.13. The smallest absolute Gasteiger partial charge is 0.228 e. The normalized spacial score (nSPS) is 12.2. The van der Waals surface area contributed by atoms with Gasteiger partial charge in [-0.2, -0.15) is 0 Å². The standard InChI is InChI=1S/C13H18ClNO/c1-4-11-7-5-6-9(2)12(11)15-13(16)10(3)8-14/h5-7,10H,4,8H2,1-3H3,(H,15,16). The van der Waals surface area contributed by atoms with E-state index < -0.39 is 0 Å². The van der Waals surface area contributed by atoms with Gasteiger partial charge in [0.25, 0.3) is 0 Å². The van der Waals surface area contributed by atoms with Gasteiger partial charge in [-0.3, -0.25) is 4.79 Å². The minimum absolute atomic E-state index is 0.0148. The van der Waals surface area contributed by atoms with Crippen LogP contribution in [0.3, 0.4) is 0 Å². The fourth-order valence-corrected chi connectivity index (χ4v) is 1.66. The van der Waals surface area contributed by atoms with E-state index in [0.717, 1.165) is 23.2 Å². The summed E-state index contributed by atoms with van der Waals surface area (Å²) in [5.74, 6) is 0.170. The zero-order chi connectivity index (χ0) is 12.1. The number of hydrogen-bond acceptors (Lipinski definition) is 1. The Hall–Kier alpha value is -1.02. The Morgan fingerprint density at radius 2 is 2.19 bits per heavy atom. The highest BCUT2D eigenvalue weighted by Crippen LogP contribution is 2.21. The van der Waals surface area contributed by atoms with Crippen LogP contribution in [0.15, 0.2) is 18.2 Å². The van der Waals surface area contributed by atoms with Crippen molar-refractivity contribution >= 4 is 23.2 Å². The Morgan fingerprint density at radius 1 is 1.50 bits per heavy atom. The predicted molar refractivity (Wildman–Crippen MR) is 69.1 cm³/mol. The van der Waals surface area contributed by atoms with E-state index >= 15 is 0 Å². The summed E-state index contributed by atoms with van der Waals surface area (Å²) in [6, 6.07) is 6.04. The quantitative estimate of drug-likeness (QED) is 0.802. The lowest BCUT2D eigenvalue weighted by Gasteiger charge is -2.15. The lowest BCUT2D eigenvalue weighted by Crippen LogP contribution is -2.22. The minimum Gasteiger partial charge on any atom is -0.325 e. The number of para-hydroxylation sites is 1. The molecule has 0 aliphatic rings. The van der Waals surface area contributed by atoms with E-state index in [1.54, 1.807) is 0 Å². The van der Waals surface area contributed by atoms with Crippen LogP contribution in [-0.4, -0.2) is 11.8 Å². The molecule has 3 heteroatoms. The molecular weight excluding hydrogens is 222 g/mol. The number of carbonyl (C=O) groups is 1. The molecular formula is C13H18ClNO. The first-order valence-corrected chi connectivity index (χ1v) is 6.08. The Morgan fingerprint density at radius 3 is 2.75 bits per heavy atom. The highest BCUT2D eigenvalue weighted by molar-refractivity contribution is 6.19. The number of nitrogens with one attached hydrogen (secondary N) is 1. The number of benzene rings is 1. The maximum absolute atomic E-state index is 11.8. The number of hydrogen-bond donors (Lipinski definition) is 1. The molecule has 0 aromatic heterocycles. The van der Waals surface area contributed by atoms with Gasteiger partial charge in [-0.05, 0) is 24.5 Å². The second kappa shape index (κ2) is 5.90. The number of carbonyl (C=O) groups excluding carboxylic acids is 1. The van der Waals surface area contributed by atoms with Gasteiger partial charge in [0.15, 0.2) is 0 Å². The summed E-state index contributed by atoms with van der Waals surface area (Å²) in [6.07, 6.45) is 0.909. The first-order chi connectivity index (χ1) is 7.60. The predicted octanol–water partition coefficient (Wildman–Crippen LogP) is 3.37. The van der Waals surface area contributed by atoms with Crippen LogP contribution in [0.5, 0.6) is 0 Å². The van der Waals surface area contributed by atoms with Crippen molar-refractivity contribution in [2.24, 2.45) is 5.92 Å². The molecule has 1 amide bonds. The summed E-state index contributed by atoms with van der Waals surface area (Å²) in [5.41, 5.74) is 3.19. The topological polar surface area (TPSA) is 29.1 Å². The fraction of sp³-hybridized carbons (Fsp3) is 0.462. The molecule has 0 spiro atoms. The van der Waals surface area contributed by atoms with Crippen molar-refractivity contribution in [1.82, 2.24) is 0 Å². The van der Waals surface area contributed by atoms with Crippen molar-refractivity contribution in [3.05, 3.63) is 29.3 Å². The number of rotatable bonds is 4. The van der Waals surface area contributed by atoms with Gasteiger partial charge in [0, 0.05) is 17.5 Å². The molecule has 1 rings (SSSR count). The highest BCUT2D eigenvalue weighted by Gasteiger charge is 2.14. The van der Waals surface area contributed by atoms with E-state index in [4.69, 9.17) is 11.6 Å². The number of aryl methyl sites for hydroxylation is 2. The van der Waals surface area contributed by atoms with Gasteiger partial charge < -0.3 is 5.32 Å². The zero-order valence-corrected chi connectivity index (χ0v) is 10.8. The molecule has 2 nitrogen and oxygen atoms in total. The monoisotopic (exact) mass is 239 g/mol. The highest BCUT2D eigenvalue weighted by atomic mass is 35.5. The maximum Gasteiger partial charge on any atom is 0.228 e. The third kappa shape index (κ3) is 2.99. The first kappa shape index (κ1) is 13.0. The molecule has 0 aliphatic heterocycles. The minimum atomic E-state index is -0.161. The summed E-state index contributed by atoms with van der Waals surface area (Å²) in [7, 11) is 0. The van der Waals surface area contributed by atoms with Gasteiger partial charge in [0.2, 0.25) is 5.91 Å². The SMILES string of the molecule is CCc1cccc(C)c1NC(=O)C(C)CCl. The van der Waals surface area contributed by atoms with E-state index in [1.165, 1.54) is 0 Å². The van der Waals surface area contributed by atoms with E-state index in [-0.39, 0.29) is 11.8 Å². The third-order valence-electron chi connectivity index (χ3n) is 2.67. The molecule has 16 heavy (non-hydrogen) atoms. The van der Waals surface area contributed by atoms with Crippen LogP contribution in [0.2, 0.25) is 0 Å². The van der Waals surface area contributed by atoms with Gasteiger partial charge in [-0.1, -0.05) is 32.0 Å². The summed E-state index contributed by atoms with van der Waals surface area (Å²) in [4.78, 5) is 11.8. The van der Waals surface area contributed by atoms with Crippen LogP contribution in [0.4, 0.5) is 5.69 Å². The second-order valence-corrected chi connectivity index (χ2v) is 4.32. The van der Waals surface area contributed by atoms with Gasteiger partial charge >= 0.3 is 0 Å².